The molecule has 176 valence electrons. The summed E-state index contributed by atoms with van der Waals surface area (Å²) in [5.74, 6) is -0.536. The minimum atomic E-state index is -3.42. The first kappa shape index (κ1) is 32.5. The van der Waals surface area contributed by atoms with Crippen molar-refractivity contribution in [2.24, 2.45) is 0 Å². The molecule has 0 aliphatic carbocycles. The molecule has 1 heterocycles. The molecule has 0 amide bonds. The van der Waals surface area contributed by atoms with Crippen molar-refractivity contribution in [1.82, 2.24) is 0 Å². The third kappa shape index (κ3) is 13.7. The third-order valence-electron chi connectivity index (χ3n) is 3.64. The van der Waals surface area contributed by atoms with E-state index in [-0.39, 0.29) is 27.5 Å². The second-order valence-electron chi connectivity index (χ2n) is 7.51. The van der Waals surface area contributed by atoms with Crippen molar-refractivity contribution < 1.29 is 62.4 Å². The Morgan fingerprint density at radius 1 is 0.867 bits per heavy atom. The zero-order valence-electron chi connectivity index (χ0n) is 19.4. The number of esters is 1. The summed E-state index contributed by atoms with van der Waals surface area (Å²) in [6.07, 6.45) is 2.86. The van der Waals surface area contributed by atoms with Crippen LogP contribution in [0.2, 0.25) is 38.3 Å². The van der Waals surface area contributed by atoms with Gasteiger partial charge in [0.05, 0.1) is 18.4 Å². The monoisotopic (exact) mass is 534 g/mol. The van der Waals surface area contributed by atoms with Gasteiger partial charge in [-0.1, -0.05) is 26.7 Å². The van der Waals surface area contributed by atoms with Crippen LogP contribution in [0, 0.1) is 0 Å². The van der Waals surface area contributed by atoms with Crippen molar-refractivity contribution in [2.75, 3.05) is 6.61 Å². The van der Waals surface area contributed by atoms with Gasteiger partial charge in [-0.2, -0.15) is 0 Å². The van der Waals surface area contributed by atoms with Gasteiger partial charge in [-0.3, -0.25) is 0 Å². The first-order valence-electron chi connectivity index (χ1n) is 9.91. The van der Waals surface area contributed by atoms with E-state index in [4.69, 9.17) is 21.6 Å². The fraction of sp³-hybridized carbons (Fsp3) is 0.812. The van der Waals surface area contributed by atoms with Gasteiger partial charge < -0.3 is 35.9 Å². The summed E-state index contributed by atoms with van der Waals surface area (Å²) in [4.78, 5) is 31.1. The van der Waals surface area contributed by atoms with Crippen LogP contribution in [0.3, 0.4) is 0 Å². The number of allylic oxidation sites excluding steroid dienone is 1. The molecule has 1 saturated heterocycles. The Bertz CT molecular complexity index is 531. The summed E-state index contributed by atoms with van der Waals surface area (Å²) in [6.45, 7) is 14.5. The smallest absolute Gasteiger partial charge is 0.478 e. The number of carbonyl (C=O) groups excluding carboxylic acids is 1. The number of ether oxygens (including phenoxy) is 1. The second kappa shape index (κ2) is 13.8. The van der Waals surface area contributed by atoms with E-state index >= 15 is 0 Å². The van der Waals surface area contributed by atoms with Crippen molar-refractivity contribution in [3.8, 4) is 0 Å². The molecule has 0 radical (unpaired) electrons. The summed E-state index contributed by atoms with van der Waals surface area (Å²) in [5.41, 5.74) is 0. The van der Waals surface area contributed by atoms with Crippen molar-refractivity contribution in [3.05, 3.63) is 11.8 Å². The molecule has 0 aromatic carbocycles. The van der Waals surface area contributed by atoms with E-state index in [1.807, 2.05) is 13.1 Å². The number of carbonyl (C=O) groups is 1. The van der Waals surface area contributed by atoms with E-state index < -0.39 is 40.7 Å². The van der Waals surface area contributed by atoms with Crippen LogP contribution in [0.25, 0.3) is 0 Å². The summed E-state index contributed by atoms with van der Waals surface area (Å²) in [5, 5.41) is 8.51. The molecule has 1 aliphatic heterocycles. The molecule has 0 aromatic heterocycles. The van der Waals surface area contributed by atoms with E-state index in [1.165, 1.54) is 20.0 Å². The van der Waals surface area contributed by atoms with Crippen molar-refractivity contribution in [2.45, 2.75) is 78.8 Å². The van der Waals surface area contributed by atoms with E-state index in [1.54, 1.807) is 6.92 Å². The predicted molar refractivity (Wildman–Crippen MR) is 118 cm³/mol. The van der Waals surface area contributed by atoms with Gasteiger partial charge in [0.2, 0.25) is 0 Å². The first-order chi connectivity index (χ1) is 13.1. The first-order valence-corrected chi connectivity index (χ1v) is 19.5. The summed E-state index contributed by atoms with van der Waals surface area (Å²) in [7, 11) is -12.0. The molecule has 1 rings (SSSR count). The molecular formula is C16H38O9Si4Ti. The van der Waals surface area contributed by atoms with Crippen LogP contribution in [0.4, 0.5) is 0 Å². The van der Waals surface area contributed by atoms with Crippen molar-refractivity contribution in [1.29, 1.82) is 0 Å². The Balaban J connectivity index is 0. The van der Waals surface area contributed by atoms with Gasteiger partial charge in [0, 0.05) is 34.8 Å². The Labute approximate surface area is 199 Å². The summed E-state index contributed by atoms with van der Waals surface area (Å²) in [6, 6.07) is 1.55. The maximum atomic E-state index is 10.4. The average Bonchev–Trinajstić information content (AvgIpc) is 2.42. The quantitative estimate of drug-likeness (QED) is 0.204. The molecule has 1 aliphatic rings. The topological polar surface area (TPSA) is 124 Å². The SMILES string of the molecule is CCC[Si]1(C)O[Si](C)(O)O[Si](C)(O)O[Si](C)(CCC)O1.CCOC(=O)/C=C(/C)O.[Ti]. The van der Waals surface area contributed by atoms with Crippen molar-refractivity contribution >= 4 is 40.7 Å². The number of hydrogen-bond donors (Lipinski definition) is 3. The van der Waals surface area contributed by atoms with Gasteiger partial charge in [0.25, 0.3) is 0 Å². The molecule has 0 aromatic rings. The van der Waals surface area contributed by atoms with Crippen molar-refractivity contribution in [3.63, 3.8) is 0 Å². The van der Waals surface area contributed by atoms with E-state index in [0.29, 0.717) is 6.61 Å². The fourth-order valence-corrected chi connectivity index (χ4v) is 21.6. The van der Waals surface area contributed by atoms with Crippen LogP contribution in [-0.4, -0.2) is 62.0 Å². The molecule has 3 N–H and O–H groups in total. The van der Waals surface area contributed by atoms with Gasteiger partial charge in [-0.15, -0.1) is 0 Å². The van der Waals surface area contributed by atoms with E-state index in [2.05, 4.69) is 18.6 Å². The molecule has 0 saturated carbocycles. The van der Waals surface area contributed by atoms with E-state index in [9.17, 15) is 14.4 Å². The van der Waals surface area contributed by atoms with Gasteiger partial charge in [-0.25, -0.2) is 4.79 Å². The molecule has 4 atom stereocenters. The van der Waals surface area contributed by atoms with Crippen LogP contribution in [-0.2, 0) is 47.7 Å². The molecule has 0 bridgehead atoms. The molecular weight excluding hydrogens is 496 g/mol. The molecule has 9 nitrogen and oxygen atoms in total. The van der Waals surface area contributed by atoms with Crippen LogP contribution in [0.5, 0.6) is 0 Å². The van der Waals surface area contributed by atoms with Crippen LogP contribution >= 0.6 is 0 Å². The number of rotatable bonds is 6. The summed E-state index contributed by atoms with van der Waals surface area (Å²) < 4.78 is 28.1. The molecule has 1 fully saturated rings. The standard InChI is InChI=1S/C10H28O6Si4.C6H10O3.Ti/c1-7-9-17(3)13-18(4,10-8-2)15-20(6,12)16-19(5,11)14-17;1-3-9-6(8)4-5(2)7;/h11-12H,7-10H2,1-6H3;4,7H,3H2,1-2H3;/b;5-4-;. The Morgan fingerprint density at radius 3 is 1.57 bits per heavy atom. The Morgan fingerprint density at radius 2 is 1.27 bits per heavy atom. The molecule has 0 spiro atoms. The summed E-state index contributed by atoms with van der Waals surface area (Å²) >= 11 is 0. The second-order valence-corrected chi connectivity index (χ2v) is 19.9. The van der Waals surface area contributed by atoms with Gasteiger partial charge in [0.15, 0.2) is 0 Å². The molecule has 14 heteroatoms. The van der Waals surface area contributed by atoms with Gasteiger partial charge >= 0.3 is 40.7 Å². The number of hydrogen-bond acceptors (Lipinski definition) is 9. The molecule has 30 heavy (non-hydrogen) atoms. The van der Waals surface area contributed by atoms with Crippen LogP contribution < -0.4 is 0 Å². The molecule has 4 unspecified atom stereocenters. The zero-order chi connectivity index (χ0) is 22.9. The number of aliphatic hydroxyl groups is 1. The predicted octanol–water partition coefficient (Wildman–Crippen LogP) is 3.16. The van der Waals surface area contributed by atoms with Crippen LogP contribution in [0.1, 0.15) is 40.5 Å². The number of aliphatic hydroxyl groups excluding tert-OH is 1. The fourth-order valence-electron chi connectivity index (χ4n) is 3.16. The maximum Gasteiger partial charge on any atom is 0.478 e. The van der Waals surface area contributed by atoms with E-state index in [0.717, 1.165) is 31.0 Å². The minimum absolute atomic E-state index is 0. The Hall–Kier alpha value is 0.352. The third-order valence-corrected chi connectivity index (χ3v) is 19.4. The van der Waals surface area contributed by atoms with Gasteiger partial charge in [0.1, 0.15) is 0 Å². The average molecular weight is 535 g/mol. The van der Waals surface area contributed by atoms with Gasteiger partial charge in [-0.05, 0) is 39.0 Å². The minimum Gasteiger partial charge on any atom is -0.512 e. The maximum absolute atomic E-state index is 10.4. The largest absolute Gasteiger partial charge is 0.512 e. The van der Waals surface area contributed by atoms with Crippen LogP contribution in [0.15, 0.2) is 11.8 Å². The zero-order valence-corrected chi connectivity index (χ0v) is 25.0. The Kier molecular flexibility index (Phi) is 15.0. The normalized spacial score (nSPS) is 34.5.